The largest absolute Gasteiger partial charge is 0.314 e. The molecule has 1 aromatic carbocycles. The maximum absolute atomic E-state index is 12.6. The first kappa shape index (κ1) is 10.4. The standard InChI is InChI=1S/C13H16FN/c1-15-13(9-10-13)8-2-3-11-4-6-12(14)7-5-11/h2-7,15H,8-10H2,1H3/b3-2+. The van der Waals surface area contributed by atoms with Crippen LogP contribution in [0.25, 0.3) is 6.08 Å². The fourth-order valence-electron chi connectivity index (χ4n) is 1.70. The van der Waals surface area contributed by atoms with Crippen molar-refractivity contribution in [2.24, 2.45) is 0 Å². The molecule has 1 aliphatic carbocycles. The van der Waals surface area contributed by atoms with Crippen molar-refractivity contribution in [3.05, 3.63) is 41.7 Å². The van der Waals surface area contributed by atoms with Crippen molar-refractivity contribution >= 4 is 6.08 Å². The van der Waals surface area contributed by atoms with Crippen molar-refractivity contribution in [3.63, 3.8) is 0 Å². The molecular formula is C13H16FN. The zero-order valence-electron chi connectivity index (χ0n) is 8.96. The summed E-state index contributed by atoms with van der Waals surface area (Å²) in [5, 5.41) is 3.34. The molecular weight excluding hydrogens is 189 g/mol. The molecule has 1 N–H and O–H groups in total. The fraction of sp³-hybridized carbons (Fsp3) is 0.385. The normalized spacial score (nSPS) is 18.3. The summed E-state index contributed by atoms with van der Waals surface area (Å²) in [4.78, 5) is 0. The van der Waals surface area contributed by atoms with Gasteiger partial charge >= 0.3 is 0 Å². The summed E-state index contributed by atoms with van der Waals surface area (Å²) in [5.41, 5.74) is 1.42. The average molecular weight is 205 g/mol. The lowest BCUT2D eigenvalue weighted by Gasteiger charge is -2.09. The number of rotatable bonds is 4. The van der Waals surface area contributed by atoms with Crippen molar-refractivity contribution in [2.45, 2.75) is 24.8 Å². The molecule has 0 unspecified atom stereocenters. The number of hydrogen-bond donors (Lipinski definition) is 1. The van der Waals surface area contributed by atoms with Gasteiger partial charge in [-0.1, -0.05) is 24.3 Å². The second-order valence-electron chi connectivity index (χ2n) is 4.19. The van der Waals surface area contributed by atoms with Crippen LogP contribution in [0.3, 0.4) is 0 Å². The van der Waals surface area contributed by atoms with E-state index in [9.17, 15) is 4.39 Å². The fourth-order valence-corrected chi connectivity index (χ4v) is 1.70. The van der Waals surface area contributed by atoms with Gasteiger partial charge in [0, 0.05) is 5.54 Å². The Kier molecular flexibility index (Phi) is 2.87. The van der Waals surface area contributed by atoms with E-state index in [1.807, 2.05) is 7.05 Å². The molecule has 1 aliphatic rings. The van der Waals surface area contributed by atoms with Gasteiger partial charge in [0.15, 0.2) is 0 Å². The van der Waals surface area contributed by atoms with Crippen molar-refractivity contribution < 1.29 is 4.39 Å². The Bertz CT molecular complexity index is 349. The first-order valence-corrected chi connectivity index (χ1v) is 5.35. The monoisotopic (exact) mass is 205 g/mol. The lowest BCUT2D eigenvalue weighted by molar-refractivity contribution is 0.560. The molecule has 15 heavy (non-hydrogen) atoms. The summed E-state index contributed by atoms with van der Waals surface area (Å²) < 4.78 is 12.6. The molecule has 1 nitrogen and oxygen atoms in total. The van der Waals surface area contributed by atoms with Gasteiger partial charge in [-0.25, -0.2) is 4.39 Å². The highest BCUT2D eigenvalue weighted by Crippen LogP contribution is 2.38. The van der Waals surface area contributed by atoms with Crippen LogP contribution in [0.5, 0.6) is 0 Å². The minimum atomic E-state index is -0.180. The van der Waals surface area contributed by atoms with Gasteiger partial charge in [-0.2, -0.15) is 0 Å². The maximum atomic E-state index is 12.6. The van der Waals surface area contributed by atoms with Gasteiger partial charge in [0.1, 0.15) is 5.82 Å². The Labute approximate surface area is 90.0 Å². The quantitative estimate of drug-likeness (QED) is 0.796. The molecule has 0 amide bonds. The highest BCUT2D eigenvalue weighted by atomic mass is 19.1. The second kappa shape index (κ2) is 4.15. The van der Waals surface area contributed by atoms with Gasteiger partial charge in [0.2, 0.25) is 0 Å². The van der Waals surface area contributed by atoms with E-state index in [0.717, 1.165) is 12.0 Å². The molecule has 0 heterocycles. The van der Waals surface area contributed by atoms with Crippen LogP contribution in [-0.2, 0) is 0 Å². The Morgan fingerprint density at radius 3 is 2.53 bits per heavy atom. The van der Waals surface area contributed by atoms with E-state index in [2.05, 4.69) is 17.5 Å². The zero-order valence-corrected chi connectivity index (χ0v) is 8.96. The van der Waals surface area contributed by atoms with Crippen molar-refractivity contribution in [1.29, 1.82) is 0 Å². The molecule has 0 aromatic heterocycles. The summed E-state index contributed by atoms with van der Waals surface area (Å²) in [6.07, 6.45) is 7.79. The van der Waals surface area contributed by atoms with Gasteiger partial charge in [-0.05, 0) is 44.0 Å². The minimum absolute atomic E-state index is 0.180. The van der Waals surface area contributed by atoms with E-state index in [4.69, 9.17) is 0 Å². The molecule has 0 radical (unpaired) electrons. The van der Waals surface area contributed by atoms with Crippen LogP contribution < -0.4 is 5.32 Å². The molecule has 80 valence electrons. The van der Waals surface area contributed by atoms with Gasteiger partial charge in [-0.15, -0.1) is 0 Å². The van der Waals surface area contributed by atoms with Crippen LogP contribution in [0.2, 0.25) is 0 Å². The lowest BCUT2D eigenvalue weighted by Crippen LogP contribution is -2.25. The van der Waals surface area contributed by atoms with E-state index >= 15 is 0 Å². The number of halogens is 1. The molecule has 1 fully saturated rings. The Morgan fingerprint density at radius 2 is 2.00 bits per heavy atom. The third-order valence-electron chi connectivity index (χ3n) is 3.07. The highest BCUT2D eigenvalue weighted by molar-refractivity contribution is 5.49. The summed E-state index contributed by atoms with van der Waals surface area (Å²) in [6, 6.07) is 6.57. The summed E-state index contributed by atoms with van der Waals surface area (Å²) in [6.45, 7) is 0. The van der Waals surface area contributed by atoms with E-state index in [-0.39, 0.29) is 5.82 Å². The summed E-state index contributed by atoms with van der Waals surface area (Å²) in [5.74, 6) is -0.180. The Balaban J connectivity index is 1.91. The van der Waals surface area contributed by atoms with Crippen molar-refractivity contribution in [1.82, 2.24) is 5.32 Å². The van der Waals surface area contributed by atoms with Gasteiger partial charge in [0.05, 0.1) is 0 Å². The van der Waals surface area contributed by atoms with Gasteiger partial charge in [-0.3, -0.25) is 0 Å². The van der Waals surface area contributed by atoms with Crippen LogP contribution in [-0.4, -0.2) is 12.6 Å². The molecule has 0 saturated heterocycles. The molecule has 0 aliphatic heterocycles. The SMILES string of the molecule is CNC1(C/C=C/c2ccc(F)cc2)CC1. The first-order valence-electron chi connectivity index (χ1n) is 5.35. The lowest BCUT2D eigenvalue weighted by atomic mass is 10.1. The number of nitrogens with one attached hydrogen (secondary N) is 1. The molecule has 1 saturated carbocycles. The Morgan fingerprint density at radius 1 is 1.33 bits per heavy atom. The van der Waals surface area contributed by atoms with E-state index < -0.39 is 0 Å². The van der Waals surface area contributed by atoms with E-state index in [1.54, 1.807) is 12.1 Å². The number of hydrogen-bond acceptors (Lipinski definition) is 1. The maximum Gasteiger partial charge on any atom is 0.123 e. The van der Waals surface area contributed by atoms with Crippen molar-refractivity contribution in [3.8, 4) is 0 Å². The van der Waals surface area contributed by atoms with E-state index in [1.165, 1.54) is 25.0 Å². The minimum Gasteiger partial charge on any atom is -0.314 e. The van der Waals surface area contributed by atoms with Crippen LogP contribution in [0, 0.1) is 5.82 Å². The predicted octanol–water partition coefficient (Wildman–Crippen LogP) is 2.98. The van der Waals surface area contributed by atoms with Crippen LogP contribution in [0.4, 0.5) is 4.39 Å². The molecule has 0 atom stereocenters. The van der Waals surface area contributed by atoms with E-state index in [0.29, 0.717) is 5.54 Å². The summed E-state index contributed by atoms with van der Waals surface area (Å²) in [7, 11) is 2.01. The Hall–Kier alpha value is -1.15. The van der Waals surface area contributed by atoms with Crippen LogP contribution in [0.1, 0.15) is 24.8 Å². The smallest absolute Gasteiger partial charge is 0.123 e. The number of benzene rings is 1. The summed E-state index contributed by atoms with van der Waals surface area (Å²) >= 11 is 0. The molecule has 1 aromatic rings. The molecule has 2 rings (SSSR count). The highest BCUT2D eigenvalue weighted by Gasteiger charge is 2.39. The van der Waals surface area contributed by atoms with Crippen LogP contribution >= 0.6 is 0 Å². The van der Waals surface area contributed by atoms with Crippen LogP contribution in [0.15, 0.2) is 30.3 Å². The predicted molar refractivity (Wildman–Crippen MR) is 61.1 cm³/mol. The third-order valence-corrected chi connectivity index (χ3v) is 3.07. The second-order valence-corrected chi connectivity index (χ2v) is 4.19. The first-order chi connectivity index (χ1) is 7.24. The molecule has 0 spiro atoms. The third kappa shape index (κ3) is 2.66. The molecule has 0 bridgehead atoms. The molecule has 2 heteroatoms. The van der Waals surface area contributed by atoms with Gasteiger partial charge in [0.25, 0.3) is 0 Å². The zero-order chi connectivity index (χ0) is 10.7. The van der Waals surface area contributed by atoms with Crippen molar-refractivity contribution in [2.75, 3.05) is 7.05 Å². The van der Waals surface area contributed by atoms with Gasteiger partial charge < -0.3 is 5.32 Å². The topological polar surface area (TPSA) is 12.0 Å². The average Bonchev–Trinajstić information content (AvgIpc) is 3.02.